The van der Waals surface area contributed by atoms with Crippen LogP contribution < -0.4 is 10.6 Å². The zero-order valence-corrected chi connectivity index (χ0v) is 13.5. The molecule has 0 aliphatic rings. The van der Waals surface area contributed by atoms with E-state index in [2.05, 4.69) is 10.6 Å². The second-order valence-corrected chi connectivity index (χ2v) is 5.52. The van der Waals surface area contributed by atoms with Gasteiger partial charge in [0.2, 0.25) is 5.91 Å². The molecule has 0 radical (unpaired) electrons. The molecule has 0 aliphatic heterocycles. The van der Waals surface area contributed by atoms with Gasteiger partial charge in [-0.2, -0.15) is 0 Å². The van der Waals surface area contributed by atoms with Crippen molar-refractivity contribution >= 4 is 11.8 Å². The quantitative estimate of drug-likeness (QED) is 0.746. The standard InChI is InChI=1S/C18H18F2N2O3/c1-11(17(24)13-7-8-14(19)15(20)9-13)22-16(23)10-21-18(25)12-5-3-2-4-6-12/h2-9,11,17,24H,10H2,1H3,(H,21,25)(H,22,23). The third kappa shape index (κ3) is 5.09. The second-order valence-electron chi connectivity index (χ2n) is 5.52. The van der Waals surface area contributed by atoms with Crippen LogP contribution in [0.2, 0.25) is 0 Å². The van der Waals surface area contributed by atoms with Crippen LogP contribution in [0, 0.1) is 11.6 Å². The predicted octanol–water partition coefficient (Wildman–Crippen LogP) is 1.93. The zero-order valence-electron chi connectivity index (χ0n) is 13.5. The monoisotopic (exact) mass is 348 g/mol. The van der Waals surface area contributed by atoms with Crippen molar-refractivity contribution in [2.24, 2.45) is 0 Å². The van der Waals surface area contributed by atoms with Crippen LogP contribution >= 0.6 is 0 Å². The summed E-state index contributed by atoms with van der Waals surface area (Å²) in [6.07, 6.45) is -1.22. The van der Waals surface area contributed by atoms with Gasteiger partial charge in [0.05, 0.1) is 18.7 Å². The van der Waals surface area contributed by atoms with Crippen LogP contribution in [0.4, 0.5) is 8.78 Å². The number of amides is 2. The van der Waals surface area contributed by atoms with Crippen molar-refractivity contribution in [2.45, 2.75) is 19.1 Å². The van der Waals surface area contributed by atoms with Gasteiger partial charge in [0.15, 0.2) is 11.6 Å². The van der Waals surface area contributed by atoms with Crippen molar-refractivity contribution < 1.29 is 23.5 Å². The number of halogens is 2. The molecule has 2 aromatic carbocycles. The van der Waals surface area contributed by atoms with Crippen LogP contribution in [0.15, 0.2) is 48.5 Å². The van der Waals surface area contributed by atoms with Crippen molar-refractivity contribution in [1.82, 2.24) is 10.6 Å². The van der Waals surface area contributed by atoms with Crippen molar-refractivity contribution in [3.63, 3.8) is 0 Å². The summed E-state index contributed by atoms with van der Waals surface area (Å²) >= 11 is 0. The molecule has 0 saturated carbocycles. The molecule has 2 unspecified atom stereocenters. The molecule has 0 bridgehead atoms. The third-order valence-corrected chi connectivity index (χ3v) is 3.59. The van der Waals surface area contributed by atoms with E-state index in [1.807, 2.05) is 0 Å². The number of rotatable bonds is 6. The summed E-state index contributed by atoms with van der Waals surface area (Å²) in [5.74, 6) is -3.01. The molecule has 0 fully saturated rings. The van der Waals surface area contributed by atoms with Crippen LogP contribution in [-0.4, -0.2) is 29.5 Å². The number of hydrogen-bond acceptors (Lipinski definition) is 3. The minimum Gasteiger partial charge on any atom is -0.386 e. The number of aliphatic hydroxyl groups excluding tert-OH is 1. The normalized spacial score (nSPS) is 13.0. The van der Waals surface area contributed by atoms with E-state index in [0.717, 1.165) is 12.1 Å². The molecule has 0 aromatic heterocycles. The highest BCUT2D eigenvalue weighted by atomic mass is 19.2. The maximum absolute atomic E-state index is 13.2. The maximum atomic E-state index is 13.2. The van der Waals surface area contributed by atoms with Gasteiger partial charge in [0.1, 0.15) is 0 Å². The van der Waals surface area contributed by atoms with E-state index in [1.165, 1.54) is 13.0 Å². The molecular weight excluding hydrogens is 330 g/mol. The molecule has 25 heavy (non-hydrogen) atoms. The Morgan fingerprint density at radius 1 is 1.08 bits per heavy atom. The van der Waals surface area contributed by atoms with Gasteiger partial charge in [0, 0.05) is 5.56 Å². The number of nitrogens with one attached hydrogen (secondary N) is 2. The first-order chi connectivity index (χ1) is 11.9. The van der Waals surface area contributed by atoms with Gasteiger partial charge in [-0.3, -0.25) is 9.59 Å². The number of benzene rings is 2. The molecular formula is C18H18F2N2O3. The summed E-state index contributed by atoms with van der Waals surface area (Å²) < 4.78 is 26.1. The first kappa shape index (κ1) is 18.5. The lowest BCUT2D eigenvalue weighted by molar-refractivity contribution is -0.121. The molecule has 2 rings (SSSR count). The van der Waals surface area contributed by atoms with Crippen LogP contribution in [-0.2, 0) is 4.79 Å². The van der Waals surface area contributed by atoms with Crippen LogP contribution in [0.3, 0.4) is 0 Å². The van der Waals surface area contributed by atoms with E-state index < -0.39 is 35.6 Å². The first-order valence-electron chi connectivity index (χ1n) is 7.64. The molecule has 0 aliphatic carbocycles. The molecule has 2 aromatic rings. The van der Waals surface area contributed by atoms with Gasteiger partial charge in [-0.15, -0.1) is 0 Å². The fraction of sp³-hybridized carbons (Fsp3) is 0.222. The summed E-state index contributed by atoms with van der Waals surface area (Å²) in [6, 6.07) is 10.7. The lowest BCUT2D eigenvalue weighted by atomic mass is 10.0. The average molecular weight is 348 g/mol. The Kier molecular flexibility index (Phi) is 6.19. The fourth-order valence-corrected chi connectivity index (χ4v) is 2.22. The number of carbonyl (C=O) groups is 2. The van der Waals surface area contributed by atoms with E-state index in [9.17, 15) is 23.5 Å². The molecule has 2 atom stereocenters. The summed E-state index contributed by atoms with van der Waals surface area (Å²) in [5.41, 5.74) is 0.560. The molecule has 0 saturated heterocycles. The Bertz CT molecular complexity index is 753. The van der Waals surface area contributed by atoms with Gasteiger partial charge in [-0.05, 0) is 36.8 Å². The van der Waals surface area contributed by atoms with Crippen molar-refractivity contribution in [1.29, 1.82) is 0 Å². The molecule has 3 N–H and O–H groups in total. The van der Waals surface area contributed by atoms with Crippen LogP contribution in [0.1, 0.15) is 28.9 Å². The molecule has 0 spiro atoms. The summed E-state index contributed by atoms with van der Waals surface area (Å²) in [5, 5.41) is 15.1. The number of carbonyl (C=O) groups excluding carboxylic acids is 2. The Labute approximate surface area is 143 Å². The largest absolute Gasteiger partial charge is 0.386 e. The van der Waals surface area contributed by atoms with E-state index in [-0.39, 0.29) is 12.1 Å². The summed E-state index contributed by atoms with van der Waals surface area (Å²) in [6.45, 7) is 1.24. The Hall–Kier alpha value is -2.80. The highest BCUT2D eigenvalue weighted by Crippen LogP contribution is 2.19. The maximum Gasteiger partial charge on any atom is 0.251 e. The van der Waals surface area contributed by atoms with Gasteiger partial charge < -0.3 is 15.7 Å². The molecule has 7 heteroatoms. The van der Waals surface area contributed by atoms with Crippen molar-refractivity contribution in [2.75, 3.05) is 6.54 Å². The minimum atomic E-state index is -1.22. The topological polar surface area (TPSA) is 78.4 Å². The van der Waals surface area contributed by atoms with Crippen LogP contribution in [0.25, 0.3) is 0 Å². The Morgan fingerprint density at radius 3 is 2.40 bits per heavy atom. The van der Waals surface area contributed by atoms with E-state index in [4.69, 9.17) is 0 Å². The zero-order chi connectivity index (χ0) is 18.4. The van der Waals surface area contributed by atoms with Gasteiger partial charge in [-0.25, -0.2) is 8.78 Å². The first-order valence-corrected chi connectivity index (χ1v) is 7.64. The van der Waals surface area contributed by atoms with Crippen LogP contribution in [0.5, 0.6) is 0 Å². The smallest absolute Gasteiger partial charge is 0.251 e. The lowest BCUT2D eigenvalue weighted by Crippen LogP contribution is -2.43. The molecule has 2 amide bonds. The van der Waals surface area contributed by atoms with E-state index in [0.29, 0.717) is 5.56 Å². The Morgan fingerprint density at radius 2 is 1.76 bits per heavy atom. The van der Waals surface area contributed by atoms with Crippen molar-refractivity contribution in [3.8, 4) is 0 Å². The minimum absolute atomic E-state index is 0.139. The predicted molar refractivity (Wildman–Crippen MR) is 87.7 cm³/mol. The van der Waals surface area contributed by atoms with Gasteiger partial charge in [-0.1, -0.05) is 24.3 Å². The second kappa shape index (κ2) is 8.34. The fourth-order valence-electron chi connectivity index (χ4n) is 2.22. The summed E-state index contributed by atoms with van der Waals surface area (Å²) in [7, 11) is 0. The van der Waals surface area contributed by atoms with E-state index >= 15 is 0 Å². The average Bonchev–Trinajstić information content (AvgIpc) is 2.62. The van der Waals surface area contributed by atoms with Crippen molar-refractivity contribution in [3.05, 3.63) is 71.3 Å². The summed E-state index contributed by atoms with van der Waals surface area (Å²) in [4.78, 5) is 23.7. The lowest BCUT2D eigenvalue weighted by Gasteiger charge is -2.21. The Balaban J connectivity index is 1.86. The molecule has 0 heterocycles. The van der Waals surface area contributed by atoms with E-state index in [1.54, 1.807) is 30.3 Å². The molecule has 5 nitrogen and oxygen atoms in total. The molecule has 132 valence electrons. The van der Waals surface area contributed by atoms with Gasteiger partial charge >= 0.3 is 0 Å². The third-order valence-electron chi connectivity index (χ3n) is 3.59. The number of aliphatic hydroxyl groups is 1. The van der Waals surface area contributed by atoms with Gasteiger partial charge in [0.25, 0.3) is 5.91 Å². The number of hydrogen-bond donors (Lipinski definition) is 3. The highest BCUT2D eigenvalue weighted by Gasteiger charge is 2.20. The SMILES string of the molecule is CC(NC(=O)CNC(=O)c1ccccc1)C(O)c1ccc(F)c(F)c1. The highest BCUT2D eigenvalue weighted by molar-refractivity contribution is 5.96.